The molecular weight excluding hydrogens is 229 g/mol. The van der Waals surface area contributed by atoms with E-state index in [1.165, 1.54) is 19.1 Å². The minimum absolute atomic E-state index is 0.219. The molecule has 17 heavy (non-hydrogen) atoms. The lowest BCUT2D eigenvalue weighted by atomic mass is 10.1. The number of carboxylic acid groups (broad SMARTS) is 1. The molecule has 0 aliphatic carbocycles. The normalized spacial score (nSPS) is 10.7. The van der Waals surface area contributed by atoms with Crippen molar-refractivity contribution >= 4 is 17.7 Å². The van der Waals surface area contributed by atoms with Crippen LogP contribution in [0.4, 0.5) is 10.1 Å². The van der Waals surface area contributed by atoms with Crippen LogP contribution in [0.1, 0.15) is 17.5 Å². The molecule has 0 amide bonds. The number of hydrogen-bond acceptors (Lipinski definition) is 3. The first-order chi connectivity index (χ1) is 7.91. The number of nitrogens with zero attached hydrogens (tertiary/aromatic N) is 1. The van der Waals surface area contributed by atoms with Gasteiger partial charge in [0.1, 0.15) is 5.82 Å². The second-order valence-electron chi connectivity index (χ2n) is 3.40. The van der Waals surface area contributed by atoms with E-state index in [-0.39, 0.29) is 12.1 Å². The van der Waals surface area contributed by atoms with Crippen molar-refractivity contribution < 1.29 is 19.2 Å². The third-order valence-corrected chi connectivity index (χ3v) is 2.17. The Bertz CT molecular complexity index is 496. The summed E-state index contributed by atoms with van der Waals surface area (Å²) in [6, 6.07) is 1.96. The summed E-state index contributed by atoms with van der Waals surface area (Å²) < 4.78 is 13.1. The molecule has 0 heterocycles. The van der Waals surface area contributed by atoms with Crippen LogP contribution in [0.5, 0.6) is 0 Å². The minimum atomic E-state index is -1.02. The minimum Gasteiger partial charge on any atom is -0.481 e. The van der Waals surface area contributed by atoms with Crippen molar-refractivity contribution in [2.24, 2.45) is 0 Å². The molecule has 0 fully saturated rings. The molecule has 0 bridgehead atoms. The molecule has 0 aliphatic heterocycles. The molecule has 1 N–H and O–H groups in total. The van der Waals surface area contributed by atoms with Crippen molar-refractivity contribution in [2.45, 2.75) is 13.3 Å². The number of halogens is 1. The van der Waals surface area contributed by atoms with Gasteiger partial charge in [0, 0.05) is 5.56 Å². The van der Waals surface area contributed by atoms with E-state index in [1.54, 1.807) is 0 Å². The van der Waals surface area contributed by atoms with Gasteiger partial charge in [0.25, 0.3) is 5.69 Å². The van der Waals surface area contributed by atoms with Gasteiger partial charge in [-0.2, -0.15) is 0 Å². The first-order valence-electron chi connectivity index (χ1n) is 4.74. The van der Waals surface area contributed by atoms with Crippen molar-refractivity contribution in [3.05, 3.63) is 45.3 Å². The summed E-state index contributed by atoms with van der Waals surface area (Å²) in [4.78, 5) is 20.2. The zero-order valence-electron chi connectivity index (χ0n) is 9.01. The third kappa shape index (κ3) is 3.37. The number of nitro benzene ring substituents is 1. The van der Waals surface area contributed by atoms with Gasteiger partial charge in [-0.25, -0.2) is 4.39 Å². The Labute approximate surface area is 96.3 Å². The number of carbonyl (C=O) groups is 1. The highest BCUT2D eigenvalue weighted by Gasteiger charge is 2.14. The summed E-state index contributed by atoms with van der Waals surface area (Å²) in [6.07, 6.45) is 2.46. The molecule has 1 aromatic carbocycles. The maximum atomic E-state index is 13.1. The van der Waals surface area contributed by atoms with Gasteiger partial charge in [0.15, 0.2) is 0 Å². The molecule has 0 unspecified atom stereocenters. The number of nitro groups is 1. The Morgan fingerprint density at radius 2 is 2.24 bits per heavy atom. The highest BCUT2D eigenvalue weighted by molar-refractivity contribution is 5.71. The van der Waals surface area contributed by atoms with Gasteiger partial charge >= 0.3 is 5.97 Å². The van der Waals surface area contributed by atoms with Gasteiger partial charge in [-0.15, -0.1) is 0 Å². The molecule has 0 radical (unpaired) electrons. The molecular formula is C11H10FNO4. The number of benzene rings is 1. The Hall–Kier alpha value is -2.24. The van der Waals surface area contributed by atoms with Gasteiger partial charge in [0.2, 0.25) is 0 Å². The third-order valence-electron chi connectivity index (χ3n) is 2.17. The first-order valence-corrected chi connectivity index (χ1v) is 4.74. The molecule has 0 saturated heterocycles. The number of rotatable bonds is 4. The van der Waals surface area contributed by atoms with Crippen LogP contribution in [0.25, 0.3) is 6.08 Å². The Kier molecular flexibility index (Phi) is 3.92. The average molecular weight is 239 g/mol. The molecule has 90 valence electrons. The fourth-order valence-corrected chi connectivity index (χ4v) is 1.33. The lowest BCUT2D eigenvalue weighted by Gasteiger charge is -2.02. The molecule has 5 nitrogen and oxygen atoms in total. The summed E-state index contributed by atoms with van der Waals surface area (Å²) >= 11 is 0. The van der Waals surface area contributed by atoms with E-state index in [4.69, 9.17) is 5.11 Å². The fraction of sp³-hybridized carbons (Fsp3) is 0.182. The second-order valence-corrected chi connectivity index (χ2v) is 3.40. The molecule has 1 rings (SSSR count). The number of carboxylic acids is 1. The topological polar surface area (TPSA) is 80.4 Å². The van der Waals surface area contributed by atoms with E-state index in [0.717, 1.165) is 12.1 Å². The van der Waals surface area contributed by atoms with Crippen molar-refractivity contribution in [1.29, 1.82) is 0 Å². The quantitative estimate of drug-likeness (QED) is 0.646. The van der Waals surface area contributed by atoms with Crippen molar-refractivity contribution in [3.8, 4) is 0 Å². The van der Waals surface area contributed by atoms with Gasteiger partial charge in [-0.05, 0) is 18.6 Å². The van der Waals surface area contributed by atoms with Crippen molar-refractivity contribution in [3.63, 3.8) is 0 Å². The van der Waals surface area contributed by atoms with Crippen LogP contribution in [0.3, 0.4) is 0 Å². The number of hydrogen-bond donors (Lipinski definition) is 1. The van der Waals surface area contributed by atoms with E-state index < -0.39 is 16.7 Å². The SMILES string of the molecule is Cc1c(C=CCC(=O)O)cc(F)cc1[N+](=O)[O-]. The predicted octanol–water partition coefficient (Wildman–Crippen LogP) is 2.53. The van der Waals surface area contributed by atoms with E-state index >= 15 is 0 Å². The van der Waals surface area contributed by atoms with Crippen LogP contribution in [-0.4, -0.2) is 16.0 Å². The molecule has 0 spiro atoms. The van der Waals surface area contributed by atoms with Gasteiger partial charge in [-0.1, -0.05) is 12.2 Å². The average Bonchev–Trinajstić information content (AvgIpc) is 2.21. The Morgan fingerprint density at radius 1 is 1.59 bits per heavy atom. The Balaban J connectivity index is 3.11. The van der Waals surface area contributed by atoms with Crippen molar-refractivity contribution in [1.82, 2.24) is 0 Å². The van der Waals surface area contributed by atoms with Crippen LogP contribution in [0.15, 0.2) is 18.2 Å². The highest BCUT2D eigenvalue weighted by atomic mass is 19.1. The zero-order valence-corrected chi connectivity index (χ0v) is 9.01. The molecule has 0 aliphatic rings. The molecule has 0 saturated carbocycles. The van der Waals surface area contributed by atoms with Crippen LogP contribution in [0.2, 0.25) is 0 Å². The standard InChI is InChI=1S/C11H10FNO4/c1-7-8(3-2-4-11(14)15)5-9(12)6-10(7)13(16)17/h2-3,5-6H,4H2,1H3,(H,14,15). The largest absolute Gasteiger partial charge is 0.481 e. The lowest BCUT2D eigenvalue weighted by molar-refractivity contribution is -0.385. The summed E-state index contributed by atoms with van der Waals surface area (Å²) in [6.45, 7) is 1.48. The molecule has 1 aromatic rings. The van der Waals surface area contributed by atoms with Crippen molar-refractivity contribution in [2.75, 3.05) is 0 Å². The molecule has 0 atom stereocenters. The van der Waals surface area contributed by atoms with Gasteiger partial charge in [-0.3, -0.25) is 14.9 Å². The summed E-state index contributed by atoms with van der Waals surface area (Å²) in [5, 5.41) is 19.1. The summed E-state index contributed by atoms with van der Waals surface area (Å²) in [7, 11) is 0. The second kappa shape index (κ2) is 5.20. The van der Waals surface area contributed by atoms with E-state index in [2.05, 4.69) is 0 Å². The maximum absolute atomic E-state index is 13.1. The summed E-state index contributed by atoms with van der Waals surface area (Å²) in [5.74, 6) is -1.75. The first kappa shape index (κ1) is 12.8. The number of aliphatic carboxylic acids is 1. The predicted molar refractivity (Wildman–Crippen MR) is 59.1 cm³/mol. The zero-order chi connectivity index (χ0) is 13.0. The van der Waals surface area contributed by atoms with Crippen LogP contribution in [-0.2, 0) is 4.79 Å². The van der Waals surface area contributed by atoms with Crippen LogP contribution in [0, 0.1) is 22.9 Å². The summed E-state index contributed by atoms with van der Waals surface area (Å²) in [5.41, 5.74) is 0.288. The van der Waals surface area contributed by atoms with Gasteiger partial charge < -0.3 is 5.11 Å². The smallest absolute Gasteiger partial charge is 0.307 e. The monoisotopic (exact) mass is 239 g/mol. The van der Waals surface area contributed by atoms with E-state index in [1.807, 2.05) is 0 Å². The molecule has 6 heteroatoms. The highest BCUT2D eigenvalue weighted by Crippen LogP contribution is 2.24. The maximum Gasteiger partial charge on any atom is 0.307 e. The van der Waals surface area contributed by atoms with Gasteiger partial charge in [0.05, 0.1) is 17.4 Å². The Morgan fingerprint density at radius 3 is 2.76 bits per heavy atom. The van der Waals surface area contributed by atoms with E-state index in [0.29, 0.717) is 11.1 Å². The van der Waals surface area contributed by atoms with Crippen LogP contribution >= 0.6 is 0 Å². The van der Waals surface area contributed by atoms with E-state index in [9.17, 15) is 19.3 Å². The fourth-order valence-electron chi connectivity index (χ4n) is 1.33. The van der Waals surface area contributed by atoms with Crippen LogP contribution < -0.4 is 0 Å². The molecule has 0 aromatic heterocycles. The lowest BCUT2D eigenvalue weighted by Crippen LogP contribution is -1.96.